The SMILES string of the molecule is C=CC(=O)OC(OCC(F)(F)S(=O)(=O)[O-])(C(=O)O)C(F)(F)F. The molecule has 0 aliphatic rings. The fraction of sp³-hybridized carbons (Fsp3) is 0.500. The summed E-state index contributed by atoms with van der Waals surface area (Å²) in [5, 5.41) is 3.07. The summed E-state index contributed by atoms with van der Waals surface area (Å²) in [6.07, 6.45) is -6.02. The number of carboxylic acids is 1. The van der Waals surface area contributed by atoms with E-state index in [9.17, 15) is 44.5 Å². The van der Waals surface area contributed by atoms with Crippen molar-refractivity contribution in [1.82, 2.24) is 0 Å². The molecule has 0 amide bonds. The minimum atomic E-state index is -6.46. The molecule has 0 bridgehead atoms. The molecule has 0 aromatic rings. The Labute approximate surface area is 118 Å². The Hall–Kier alpha value is -1.80. The second-order valence-electron chi connectivity index (χ2n) is 3.42. The topological polar surface area (TPSA) is 130 Å². The number of carboxylic acid groups (broad SMARTS) is 1. The molecular formula is C8H6F5O8S-. The molecule has 0 radical (unpaired) electrons. The maximum atomic E-state index is 12.8. The second kappa shape index (κ2) is 6.13. The molecule has 22 heavy (non-hydrogen) atoms. The third-order valence-electron chi connectivity index (χ3n) is 1.87. The highest BCUT2D eigenvalue weighted by Gasteiger charge is 2.68. The minimum Gasteiger partial charge on any atom is -0.743 e. The largest absolute Gasteiger partial charge is 0.743 e. The number of carbonyl (C=O) groups excluding carboxylic acids is 1. The van der Waals surface area contributed by atoms with Crippen LogP contribution in [-0.2, 0) is 29.2 Å². The minimum absolute atomic E-state index is 0.0648. The van der Waals surface area contributed by atoms with E-state index in [1.807, 2.05) is 0 Å². The molecule has 1 N–H and O–H groups in total. The van der Waals surface area contributed by atoms with E-state index in [-0.39, 0.29) is 6.08 Å². The van der Waals surface area contributed by atoms with Crippen LogP contribution in [0.5, 0.6) is 0 Å². The monoisotopic (exact) mass is 357 g/mol. The van der Waals surface area contributed by atoms with Gasteiger partial charge in [0.25, 0.3) is 0 Å². The molecule has 0 aromatic carbocycles. The van der Waals surface area contributed by atoms with E-state index < -0.39 is 45.9 Å². The maximum Gasteiger partial charge on any atom is 0.468 e. The lowest BCUT2D eigenvalue weighted by molar-refractivity contribution is -0.358. The number of rotatable bonds is 7. The van der Waals surface area contributed by atoms with Gasteiger partial charge in [-0.2, -0.15) is 22.0 Å². The van der Waals surface area contributed by atoms with Gasteiger partial charge in [0.05, 0.1) is 0 Å². The Kier molecular flexibility index (Phi) is 5.63. The Morgan fingerprint density at radius 2 is 1.68 bits per heavy atom. The molecule has 0 aliphatic heterocycles. The third kappa shape index (κ3) is 4.11. The molecule has 0 rings (SSSR count). The third-order valence-corrected chi connectivity index (χ3v) is 2.72. The number of hydrogen-bond acceptors (Lipinski definition) is 7. The maximum absolute atomic E-state index is 12.8. The number of ether oxygens (including phenoxy) is 2. The highest BCUT2D eigenvalue weighted by atomic mass is 32.2. The van der Waals surface area contributed by atoms with Crippen molar-refractivity contribution in [3.63, 3.8) is 0 Å². The molecule has 14 heteroatoms. The summed E-state index contributed by atoms with van der Waals surface area (Å²) in [6.45, 7) is -0.174. The summed E-state index contributed by atoms with van der Waals surface area (Å²) >= 11 is 0. The number of alkyl halides is 5. The average Bonchev–Trinajstić information content (AvgIpc) is 2.30. The fourth-order valence-corrected chi connectivity index (χ4v) is 1.04. The zero-order chi connectivity index (χ0) is 18.0. The van der Waals surface area contributed by atoms with Crippen LogP contribution >= 0.6 is 0 Å². The molecular weight excluding hydrogens is 351 g/mol. The lowest BCUT2D eigenvalue weighted by Crippen LogP contribution is -2.58. The van der Waals surface area contributed by atoms with Crippen LogP contribution in [-0.4, -0.2) is 53.8 Å². The first kappa shape index (κ1) is 20.2. The highest BCUT2D eigenvalue weighted by molar-refractivity contribution is 7.86. The van der Waals surface area contributed by atoms with Gasteiger partial charge in [-0.25, -0.2) is 18.0 Å². The lowest BCUT2D eigenvalue weighted by Gasteiger charge is -2.31. The van der Waals surface area contributed by atoms with Crippen LogP contribution in [0.3, 0.4) is 0 Å². The molecule has 0 spiro atoms. The number of carbonyl (C=O) groups is 2. The molecule has 0 aromatic heterocycles. The van der Waals surface area contributed by atoms with Crippen LogP contribution in [0.25, 0.3) is 0 Å². The van der Waals surface area contributed by atoms with Gasteiger partial charge in [-0.15, -0.1) is 0 Å². The second-order valence-corrected chi connectivity index (χ2v) is 4.93. The Bertz CT molecular complexity index is 568. The number of halogens is 5. The van der Waals surface area contributed by atoms with Gasteiger partial charge < -0.3 is 19.1 Å². The van der Waals surface area contributed by atoms with Crippen LogP contribution in [0.2, 0.25) is 0 Å². The average molecular weight is 357 g/mol. The molecule has 0 fully saturated rings. The molecule has 0 saturated carbocycles. The summed E-state index contributed by atoms with van der Waals surface area (Å²) in [5.41, 5.74) is 0. The van der Waals surface area contributed by atoms with Crippen molar-refractivity contribution in [1.29, 1.82) is 0 Å². The molecule has 128 valence electrons. The van der Waals surface area contributed by atoms with Gasteiger partial charge in [-0.05, 0) is 0 Å². The summed E-state index contributed by atoms with van der Waals surface area (Å²) in [6, 6.07) is 0. The molecule has 1 atom stereocenters. The van der Waals surface area contributed by atoms with E-state index in [1.165, 1.54) is 0 Å². The van der Waals surface area contributed by atoms with E-state index in [1.54, 1.807) is 0 Å². The zero-order valence-electron chi connectivity index (χ0n) is 10.1. The Morgan fingerprint density at radius 3 is 1.95 bits per heavy atom. The van der Waals surface area contributed by atoms with Crippen molar-refractivity contribution in [2.24, 2.45) is 0 Å². The summed E-state index contributed by atoms with van der Waals surface area (Å²) in [4.78, 5) is 21.4. The van der Waals surface area contributed by atoms with Crippen molar-refractivity contribution in [2.45, 2.75) is 17.2 Å². The Morgan fingerprint density at radius 1 is 1.23 bits per heavy atom. The van der Waals surface area contributed by atoms with Crippen molar-refractivity contribution in [2.75, 3.05) is 6.61 Å². The van der Waals surface area contributed by atoms with Gasteiger partial charge in [0, 0.05) is 6.08 Å². The first-order chi connectivity index (χ1) is 9.60. The van der Waals surface area contributed by atoms with Crippen LogP contribution in [0, 0.1) is 0 Å². The van der Waals surface area contributed by atoms with Crippen molar-refractivity contribution in [3.8, 4) is 0 Å². The first-order valence-corrected chi connectivity index (χ1v) is 6.14. The normalized spacial score (nSPS) is 15.7. The predicted molar refractivity (Wildman–Crippen MR) is 53.3 cm³/mol. The summed E-state index contributed by atoms with van der Waals surface area (Å²) in [5.74, 6) is -10.1. The van der Waals surface area contributed by atoms with Gasteiger partial charge >= 0.3 is 29.2 Å². The smallest absolute Gasteiger partial charge is 0.468 e. The summed E-state index contributed by atoms with van der Waals surface area (Å²) in [7, 11) is -6.46. The highest BCUT2D eigenvalue weighted by Crippen LogP contribution is 2.37. The van der Waals surface area contributed by atoms with Gasteiger partial charge in [-0.1, -0.05) is 6.58 Å². The quantitative estimate of drug-likeness (QED) is 0.225. The molecule has 1 unspecified atom stereocenters. The first-order valence-electron chi connectivity index (χ1n) is 4.73. The van der Waals surface area contributed by atoms with Gasteiger partial charge in [0.1, 0.15) is 6.61 Å². The number of esters is 1. The van der Waals surface area contributed by atoms with E-state index in [0.717, 1.165) is 0 Å². The van der Waals surface area contributed by atoms with E-state index in [0.29, 0.717) is 0 Å². The molecule has 0 heterocycles. The van der Waals surface area contributed by atoms with E-state index in [2.05, 4.69) is 16.1 Å². The van der Waals surface area contributed by atoms with Gasteiger partial charge in [0.2, 0.25) is 0 Å². The van der Waals surface area contributed by atoms with Crippen LogP contribution in [0.15, 0.2) is 12.7 Å². The van der Waals surface area contributed by atoms with E-state index >= 15 is 0 Å². The summed E-state index contributed by atoms with van der Waals surface area (Å²) < 4.78 is 101. The molecule has 8 nitrogen and oxygen atoms in total. The van der Waals surface area contributed by atoms with Gasteiger partial charge in [-0.3, -0.25) is 0 Å². The van der Waals surface area contributed by atoms with Crippen molar-refractivity contribution >= 4 is 22.1 Å². The van der Waals surface area contributed by atoms with E-state index in [4.69, 9.17) is 5.11 Å². The number of aliphatic carboxylic acids is 1. The molecule has 0 saturated heterocycles. The standard InChI is InChI=1S/C8H7F5O8S/c1-2-4(14)21-7(5(15)16,8(11,12)13)20-3-6(9,10)22(17,18)19/h2H,1,3H2,(H,15,16)(H,17,18,19)/p-1. The fourth-order valence-electron chi connectivity index (χ4n) is 0.837. The van der Waals surface area contributed by atoms with Crippen LogP contribution < -0.4 is 0 Å². The van der Waals surface area contributed by atoms with Crippen LogP contribution in [0.1, 0.15) is 0 Å². The van der Waals surface area contributed by atoms with Crippen LogP contribution in [0.4, 0.5) is 22.0 Å². The molecule has 0 aliphatic carbocycles. The van der Waals surface area contributed by atoms with Crippen molar-refractivity contribution in [3.05, 3.63) is 12.7 Å². The van der Waals surface area contributed by atoms with Gasteiger partial charge in [0.15, 0.2) is 10.1 Å². The lowest BCUT2D eigenvalue weighted by atomic mass is 10.2. The zero-order valence-corrected chi connectivity index (χ0v) is 10.9. The number of hydrogen-bond donors (Lipinski definition) is 1. The predicted octanol–water partition coefficient (Wildman–Crippen LogP) is 0.213. The Balaban J connectivity index is 5.75. The van der Waals surface area contributed by atoms with Crippen molar-refractivity contribution < 1.29 is 59.1 Å².